The molecule has 0 aliphatic carbocycles. The van der Waals surface area contributed by atoms with Crippen molar-refractivity contribution in [1.29, 1.82) is 0 Å². The van der Waals surface area contributed by atoms with E-state index in [1.807, 2.05) is 11.8 Å². The summed E-state index contributed by atoms with van der Waals surface area (Å²) in [4.78, 5) is 13.9. The summed E-state index contributed by atoms with van der Waals surface area (Å²) in [7, 11) is 1.54. The van der Waals surface area contributed by atoms with Crippen molar-refractivity contribution in [1.82, 2.24) is 4.90 Å². The van der Waals surface area contributed by atoms with E-state index in [0.717, 1.165) is 6.54 Å². The first-order chi connectivity index (χ1) is 9.49. The molecule has 110 valence electrons. The topological polar surface area (TPSA) is 61.8 Å². The number of hydrogen-bond donors (Lipinski definition) is 2. The van der Waals surface area contributed by atoms with E-state index < -0.39 is 0 Å². The molecule has 1 heterocycles. The van der Waals surface area contributed by atoms with Crippen molar-refractivity contribution in [2.24, 2.45) is 5.92 Å². The molecule has 0 saturated carbocycles. The molecule has 1 aliphatic rings. The van der Waals surface area contributed by atoms with E-state index in [-0.39, 0.29) is 24.5 Å². The van der Waals surface area contributed by atoms with Gasteiger partial charge in [-0.15, -0.1) is 0 Å². The summed E-state index contributed by atoms with van der Waals surface area (Å²) in [6, 6.07) is 5.10. The Labute approximate surface area is 123 Å². The Kier molecular flexibility index (Phi) is 4.86. The number of carbonyl (C=O) groups excluding carboxylic acids is 1. The SMILES string of the molecule is COc1ccc(NC(=O)CN2C[C@H](C)[C@@H](O)C2)cc1Cl. The largest absolute Gasteiger partial charge is 0.495 e. The van der Waals surface area contributed by atoms with Gasteiger partial charge in [-0.05, 0) is 24.1 Å². The van der Waals surface area contributed by atoms with Gasteiger partial charge in [0.2, 0.25) is 5.91 Å². The first-order valence-corrected chi connectivity index (χ1v) is 6.91. The highest BCUT2D eigenvalue weighted by Crippen LogP contribution is 2.27. The number of rotatable bonds is 4. The summed E-state index contributed by atoms with van der Waals surface area (Å²) < 4.78 is 5.06. The molecule has 2 N–H and O–H groups in total. The maximum atomic E-state index is 11.9. The number of carbonyl (C=O) groups is 1. The Morgan fingerprint density at radius 2 is 2.30 bits per heavy atom. The third-order valence-electron chi connectivity index (χ3n) is 3.45. The second-order valence-electron chi connectivity index (χ2n) is 5.14. The molecule has 6 heteroatoms. The molecule has 1 aromatic carbocycles. The molecule has 2 rings (SSSR count). The predicted octanol–water partition coefficient (Wildman–Crippen LogP) is 1.60. The molecule has 1 aliphatic heterocycles. The third-order valence-corrected chi connectivity index (χ3v) is 3.75. The van der Waals surface area contributed by atoms with Gasteiger partial charge in [0.15, 0.2) is 0 Å². The normalized spacial score (nSPS) is 22.8. The van der Waals surface area contributed by atoms with Crippen LogP contribution in [0.15, 0.2) is 18.2 Å². The highest BCUT2D eigenvalue weighted by molar-refractivity contribution is 6.32. The number of nitrogens with one attached hydrogen (secondary N) is 1. The molecule has 0 radical (unpaired) electrons. The number of amides is 1. The predicted molar refractivity (Wildman–Crippen MR) is 78.2 cm³/mol. The maximum Gasteiger partial charge on any atom is 0.238 e. The molecular weight excluding hydrogens is 280 g/mol. The zero-order valence-electron chi connectivity index (χ0n) is 11.6. The molecule has 1 saturated heterocycles. The van der Waals surface area contributed by atoms with Crippen molar-refractivity contribution in [2.75, 3.05) is 32.1 Å². The summed E-state index contributed by atoms with van der Waals surface area (Å²) in [5.41, 5.74) is 0.633. The maximum absolute atomic E-state index is 11.9. The molecule has 5 nitrogen and oxygen atoms in total. The number of aliphatic hydroxyl groups excluding tert-OH is 1. The van der Waals surface area contributed by atoms with Crippen LogP contribution >= 0.6 is 11.6 Å². The Balaban J connectivity index is 1.90. The van der Waals surface area contributed by atoms with Crippen LogP contribution in [0.1, 0.15) is 6.92 Å². The molecule has 1 fully saturated rings. The van der Waals surface area contributed by atoms with Gasteiger partial charge in [0, 0.05) is 18.8 Å². The van der Waals surface area contributed by atoms with E-state index in [2.05, 4.69) is 5.32 Å². The molecule has 0 aromatic heterocycles. The molecule has 0 unspecified atom stereocenters. The lowest BCUT2D eigenvalue weighted by Gasteiger charge is -2.15. The second-order valence-corrected chi connectivity index (χ2v) is 5.54. The van der Waals surface area contributed by atoms with Gasteiger partial charge in [-0.25, -0.2) is 0 Å². The van der Waals surface area contributed by atoms with Crippen LogP contribution in [0.5, 0.6) is 5.75 Å². The van der Waals surface area contributed by atoms with E-state index >= 15 is 0 Å². The minimum absolute atomic E-state index is 0.118. The number of ether oxygens (including phenoxy) is 1. The molecule has 1 aromatic rings. The number of methoxy groups -OCH3 is 1. The van der Waals surface area contributed by atoms with Gasteiger partial charge in [0.1, 0.15) is 5.75 Å². The van der Waals surface area contributed by atoms with Crippen LogP contribution in [0.4, 0.5) is 5.69 Å². The monoisotopic (exact) mass is 298 g/mol. The van der Waals surface area contributed by atoms with Crippen molar-refractivity contribution in [3.8, 4) is 5.75 Å². The Hall–Kier alpha value is -1.30. The molecule has 0 bridgehead atoms. The van der Waals surface area contributed by atoms with Gasteiger partial charge in [0.05, 0.1) is 24.8 Å². The first-order valence-electron chi connectivity index (χ1n) is 6.53. The molecule has 20 heavy (non-hydrogen) atoms. The van der Waals surface area contributed by atoms with E-state index in [4.69, 9.17) is 16.3 Å². The molecule has 2 atom stereocenters. The van der Waals surface area contributed by atoms with Crippen molar-refractivity contribution >= 4 is 23.2 Å². The average Bonchev–Trinajstić information content (AvgIpc) is 2.68. The summed E-state index contributed by atoms with van der Waals surface area (Å²) in [6.07, 6.45) is -0.349. The van der Waals surface area contributed by atoms with Gasteiger partial charge < -0.3 is 15.2 Å². The van der Waals surface area contributed by atoms with Crippen LogP contribution in [0.2, 0.25) is 5.02 Å². The second kappa shape index (κ2) is 6.43. The number of nitrogens with zero attached hydrogens (tertiary/aromatic N) is 1. The highest BCUT2D eigenvalue weighted by Gasteiger charge is 2.28. The standard InChI is InChI=1S/C14H19ClN2O3/c1-9-6-17(7-12(9)18)8-14(19)16-10-3-4-13(20-2)11(15)5-10/h3-5,9,12,18H,6-8H2,1-2H3,(H,16,19)/t9-,12-/m0/s1. The van der Waals surface area contributed by atoms with Crippen LogP contribution < -0.4 is 10.1 Å². The van der Waals surface area contributed by atoms with Crippen molar-refractivity contribution in [3.05, 3.63) is 23.2 Å². The van der Waals surface area contributed by atoms with Crippen LogP contribution in [-0.2, 0) is 4.79 Å². The van der Waals surface area contributed by atoms with Gasteiger partial charge in [-0.2, -0.15) is 0 Å². The Bertz CT molecular complexity index is 485. The summed E-state index contributed by atoms with van der Waals surface area (Å²) in [6.45, 7) is 3.52. The lowest BCUT2D eigenvalue weighted by atomic mass is 10.1. The smallest absolute Gasteiger partial charge is 0.238 e. The number of halogens is 1. The lowest BCUT2D eigenvalue weighted by Crippen LogP contribution is -2.32. The first kappa shape index (κ1) is 15.1. The van der Waals surface area contributed by atoms with Crippen molar-refractivity contribution in [2.45, 2.75) is 13.0 Å². The summed E-state index contributed by atoms with van der Waals surface area (Å²) >= 11 is 6.00. The minimum atomic E-state index is -0.349. The van der Waals surface area contributed by atoms with Gasteiger partial charge >= 0.3 is 0 Å². The summed E-state index contributed by atoms with van der Waals surface area (Å²) in [5, 5.41) is 12.9. The third kappa shape index (κ3) is 3.62. The van der Waals surface area contributed by atoms with E-state index in [1.54, 1.807) is 25.3 Å². The van der Waals surface area contributed by atoms with E-state index in [1.165, 1.54) is 0 Å². The van der Waals surface area contributed by atoms with Gasteiger partial charge in [-0.3, -0.25) is 9.69 Å². The number of hydrogen-bond acceptors (Lipinski definition) is 4. The van der Waals surface area contributed by atoms with Crippen LogP contribution in [0.3, 0.4) is 0 Å². The van der Waals surface area contributed by atoms with Crippen molar-refractivity contribution < 1.29 is 14.6 Å². The van der Waals surface area contributed by atoms with Crippen LogP contribution in [-0.4, -0.2) is 48.8 Å². The number of benzene rings is 1. The zero-order chi connectivity index (χ0) is 14.7. The van der Waals surface area contributed by atoms with Crippen LogP contribution in [0.25, 0.3) is 0 Å². The fraction of sp³-hybridized carbons (Fsp3) is 0.500. The number of likely N-dealkylation sites (tertiary alicyclic amines) is 1. The van der Waals surface area contributed by atoms with Gasteiger partial charge in [-0.1, -0.05) is 18.5 Å². The number of aliphatic hydroxyl groups is 1. The number of anilines is 1. The highest BCUT2D eigenvalue weighted by atomic mass is 35.5. The van der Waals surface area contributed by atoms with Crippen molar-refractivity contribution in [3.63, 3.8) is 0 Å². The van der Waals surface area contributed by atoms with E-state index in [0.29, 0.717) is 23.0 Å². The van der Waals surface area contributed by atoms with Gasteiger partial charge in [0.25, 0.3) is 0 Å². The quantitative estimate of drug-likeness (QED) is 0.886. The molecule has 1 amide bonds. The molecular formula is C14H19ClN2O3. The lowest BCUT2D eigenvalue weighted by molar-refractivity contribution is -0.117. The summed E-state index contributed by atoms with van der Waals surface area (Å²) in [5.74, 6) is 0.659. The fourth-order valence-corrected chi connectivity index (χ4v) is 2.58. The fourth-order valence-electron chi connectivity index (χ4n) is 2.32. The number of β-amino-alcohol motifs (C(OH)–C–C–N with tert-alkyl or cyclic N) is 1. The minimum Gasteiger partial charge on any atom is -0.495 e. The Morgan fingerprint density at radius 3 is 2.85 bits per heavy atom. The average molecular weight is 299 g/mol. The Morgan fingerprint density at radius 1 is 1.55 bits per heavy atom. The van der Waals surface area contributed by atoms with Crippen LogP contribution in [0, 0.1) is 5.92 Å². The molecule has 0 spiro atoms. The van der Waals surface area contributed by atoms with E-state index in [9.17, 15) is 9.90 Å². The zero-order valence-corrected chi connectivity index (χ0v) is 12.4.